The van der Waals surface area contributed by atoms with Crippen LogP contribution in [0.15, 0.2) is 12.2 Å². The molecule has 0 rings (SSSR count). The molecule has 0 aromatic rings. The van der Waals surface area contributed by atoms with Crippen molar-refractivity contribution in [1.82, 2.24) is 0 Å². The summed E-state index contributed by atoms with van der Waals surface area (Å²) in [5, 5.41) is 0. The third-order valence-electron chi connectivity index (χ3n) is 5.16. The van der Waals surface area contributed by atoms with E-state index < -0.39 is 20.3 Å². The van der Waals surface area contributed by atoms with Crippen molar-refractivity contribution in [2.75, 3.05) is 13.2 Å². The van der Waals surface area contributed by atoms with Gasteiger partial charge in [0.15, 0.2) is 0 Å². The van der Waals surface area contributed by atoms with E-state index in [1.807, 2.05) is 6.92 Å². The monoisotopic (exact) mass is 456 g/mol. The van der Waals surface area contributed by atoms with Gasteiger partial charge in [-0.3, -0.25) is 4.79 Å². The molecule has 0 atom stereocenters. The van der Waals surface area contributed by atoms with E-state index in [0.29, 0.717) is 13.0 Å². The Morgan fingerprint density at radius 3 is 1.48 bits per heavy atom. The van der Waals surface area contributed by atoms with Crippen molar-refractivity contribution in [2.45, 2.75) is 110 Å². The molecule has 0 bridgehead atoms. The first-order chi connectivity index (χ1) is 14.9. The SMILES string of the molecule is CCCCOC(=O)/C=C/C(=O)OCCCC(=O)O[Si](CCCC)(CCCC)CCCC. The molecule has 0 amide bonds. The molecule has 0 saturated heterocycles. The van der Waals surface area contributed by atoms with Gasteiger partial charge in [0.1, 0.15) is 0 Å². The van der Waals surface area contributed by atoms with E-state index in [2.05, 4.69) is 20.8 Å². The zero-order valence-corrected chi connectivity index (χ0v) is 21.2. The van der Waals surface area contributed by atoms with Gasteiger partial charge in [-0.25, -0.2) is 9.59 Å². The van der Waals surface area contributed by atoms with Gasteiger partial charge in [-0.1, -0.05) is 72.6 Å². The Morgan fingerprint density at radius 1 is 0.645 bits per heavy atom. The highest BCUT2D eigenvalue weighted by atomic mass is 28.4. The second-order valence-corrected chi connectivity index (χ2v) is 12.2. The van der Waals surface area contributed by atoms with Crippen LogP contribution in [0.1, 0.15) is 91.9 Å². The van der Waals surface area contributed by atoms with Crippen molar-refractivity contribution >= 4 is 26.2 Å². The molecule has 0 heterocycles. The summed E-state index contributed by atoms with van der Waals surface area (Å²) in [6.45, 7) is 8.99. The molecule has 0 aromatic carbocycles. The average molecular weight is 457 g/mol. The molecule has 0 N–H and O–H groups in total. The van der Waals surface area contributed by atoms with Crippen molar-refractivity contribution in [1.29, 1.82) is 0 Å². The van der Waals surface area contributed by atoms with Gasteiger partial charge in [-0.05, 0) is 31.0 Å². The molecule has 0 radical (unpaired) electrons. The van der Waals surface area contributed by atoms with Crippen LogP contribution < -0.4 is 0 Å². The van der Waals surface area contributed by atoms with E-state index in [4.69, 9.17) is 13.9 Å². The average Bonchev–Trinajstić information content (AvgIpc) is 2.76. The highest BCUT2D eigenvalue weighted by molar-refractivity contribution is 6.75. The topological polar surface area (TPSA) is 78.9 Å². The summed E-state index contributed by atoms with van der Waals surface area (Å²) in [4.78, 5) is 35.6. The molecule has 0 aliphatic carbocycles. The number of carbonyl (C=O) groups excluding carboxylic acids is 3. The summed E-state index contributed by atoms with van der Waals surface area (Å²) >= 11 is 0. The van der Waals surface area contributed by atoms with Gasteiger partial charge in [0.25, 0.3) is 14.3 Å². The van der Waals surface area contributed by atoms with Gasteiger partial charge in [0.05, 0.1) is 13.2 Å². The maximum atomic E-state index is 12.5. The fraction of sp³-hybridized carbons (Fsp3) is 0.792. The Labute approximate surface area is 190 Å². The maximum Gasteiger partial charge on any atom is 0.331 e. The summed E-state index contributed by atoms with van der Waals surface area (Å²) < 4.78 is 16.2. The summed E-state index contributed by atoms with van der Waals surface area (Å²) in [5.74, 6) is -1.33. The zero-order valence-electron chi connectivity index (χ0n) is 20.2. The van der Waals surface area contributed by atoms with Crippen LogP contribution in [0.5, 0.6) is 0 Å². The van der Waals surface area contributed by atoms with Gasteiger partial charge in [0.2, 0.25) is 0 Å². The van der Waals surface area contributed by atoms with Gasteiger partial charge in [-0.15, -0.1) is 0 Å². The molecule has 180 valence electrons. The Kier molecular flexibility index (Phi) is 18.1. The van der Waals surface area contributed by atoms with E-state index in [-0.39, 0.29) is 19.0 Å². The smallest absolute Gasteiger partial charge is 0.331 e. The number of carbonyl (C=O) groups is 3. The molecule has 31 heavy (non-hydrogen) atoms. The standard InChI is InChI=1S/C24H44O6Si/c1-5-9-17-28-22(25)15-16-23(26)29-18-13-14-24(27)30-31(19-10-6-2,20-11-7-3)21-12-8-4/h15-16H,5-14,17-21H2,1-4H3/b16-15+. The van der Waals surface area contributed by atoms with Crippen molar-refractivity contribution in [3.8, 4) is 0 Å². The first-order valence-electron chi connectivity index (χ1n) is 12.2. The van der Waals surface area contributed by atoms with E-state index in [1.165, 1.54) is 0 Å². The fourth-order valence-corrected chi connectivity index (χ4v) is 7.89. The lowest BCUT2D eigenvalue weighted by Crippen LogP contribution is -2.40. The molecule has 6 nitrogen and oxygen atoms in total. The fourth-order valence-electron chi connectivity index (χ4n) is 3.26. The van der Waals surface area contributed by atoms with Crippen LogP contribution in [0, 0.1) is 0 Å². The third-order valence-corrected chi connectivity index (χ3v) is 9.61. The molecule has 0 fully saturated rings. The quantitative estimate of drug-likeness (QED) is 0.101. The Bertz CT molecular complexity index is 510. The van der Waals surface area contributed by atoms with E-state index in [1.54, 1.807) is 0 Å². The van der Waals surface area contributed by atoms with Gasteiger partial charge >= 0.3 is 11.9 Å². The Balaban J connectivity index is 4.44. The second kappa shape index (κ2) is 19.1. The number of rotatable bonds is 19. The van der Waals surface area contributed by atoms with E-state index >= 15 is 0 Å². The molecular weight excluding hydrogens is 412 g/mol. The minimum absolute atomic E-state index is 0.122. The number of unbranched alkanes of at least 4 members (excludes halogenated alkanes) is 4. The molecule has 0 aliphatic heterocycles. The molecule has 0 unspecified atom stereocenters. The minimum atomic E-state index is -2.06. The third kappa shape index (κ3) is 15.8. The summed E-state index contributed by atoms with van der Waals surface area (Å²) in [6.07, 6.45) is 11.2. The van der Waals surface area contributed by atoms with Crippen LogP contribution in [0.25, 0.3) is 0 Å². The van der Waals surface area contributed by atoms with Crippen LogP contribution >= 0.6 is 0 Å². The first kappa shape index (κ1) is 29.4. The van der Waals surface area contributed by atoms with Crippen LogP contribution in [0.2, 0.25) is 18.1 Å². The Morgan fingerprint density at radius 2 is 1.06 bits per heavy atom. The number of esters is 2. The van der Waals surface area contributed by atoms with Gasteiger partial charge < -0.3 is 13.9 Å². The maximum absolute atomic E-state index is 12.5. The Hall–Kier alpha value is -1.63. The molecular formula is C24H44O6Si. The predicted molar refractivity (Wildman–Crippen MR) is 126 cm³/mol. The van der Waals surface area contributed by atoms with Crippen molar-refractivity contribution in [3.05, 3.63) is 12.2 Å². The van der Waals surface area contributed by atoms with Crippen LogP contribution in [0.3, 0.4) is 0 Å². The van der Waals surface area contributed by atoms with E-state index in [0.717, 1.165) is 81.7 Å². The lowest BCUT2D eigenvalue weighted by Gasteiger charge is -2.31. The van der Waals surface area contributed by atoms with Crippen LogP contribution in [0.4, 0.5) is 0 Å². The highest BCUT2D eigenvalue weighted by Crippen LogP contribution is 2.30. The van der Waals surface area contributed by atoms with Crippen molar-refractivity contribution in [3.63, 3.8) is 0 Å². The highest BCUT2D eigenvalue weighted by Gasteiger charge is 2.36. The molecule has 0 spiro atoms. The first-order valence-corrected chi connectivity index (χ1v) is 14.7. The van der Waals surface area contributed by atoms with Gasteiger partial charge in [-0.2, -0.15) is 0 Å². The van der Waals surface area contributed by atoms with Crippen LogP contribution in [-0.2, 0) is 28.3 Å². The molecule has 7 heteroatoms. The molecule has 0 saturated carbocycles. The van der Waals surface area contributed by atoms with Gasteiger partial charge in [0, 0.05) is 18.6 Å². The summed E-state index contributed by atoms with van der Waals surface area (Å²) in [7, 11) is -2.06. The molecule has 0 aliphatic rings. The number of hydrogen-bond acceptors (Lipinski definition) is 6. The van der Waals surface area contributed by atoms with E-state index in [9.17, 15) is 14.4 Å². The minimum Gasteiger partial charge on any atom is -0.519 e. The van der Waals surface area contributed by atoms with Crippen molar-refractivity contribution < 1.29 is 28.3 Å². The van der Waals surface area contributed by atoms with Crippen molar-refractivity contribution in [2.24, 2.45) is 0 Å². The summed E-state index contributed by atoms with van der Waals surface area (Å²) in [6, 6.07) is 3.14. The number of ether oxygens (including phenoxy) is 2. The number of hydrogen-bond donors (Lipinski definition) is 0. The normalized spacial score (nSPS) is 11.5. The second-order valence-electron chi connectivity index (χ2n) is 8.09. The summed E-state index contributed by atoms with van der Waals surface area (Å²) in [5.41, 5.74) is 0. The lowest BCUT2D eigenvalue weighted by molar-refractivity contribution is -0.141. The predicted octanol–water partition coefficient (Wildman–Crippen LogP) is 6.10. The largest absolute Gasteiger partial charge is 0.519 e. The lowest BCUT2D eigenvalue weighted by atomic mass is 10.3. The zero-order chi connectivity index (χ0) is 23.4. The molecule has 0 aromatic heterocycles. The van der Waals surface area contributed by atoms with Crippen LogP contribution in [-0.4, -0.2) is 39.4 Å².